The summed E-state index contributed by atoms with van der Waals surface area (Å²) in [6, 6.07) is 12.1. The number of amides is 2. The summed E-state index contributed by atoms with van der Waals surface area (Å²) in [5.41, 5.74) is 1.25. The molecule has 0 bridgehead atoms. The van der Waals surface area contributed by atoms with Crippen LogP contribution < -0.4 is 9.62 Å². The standard InChI is InChI=1S/C24H30ClN3O5S/c1-5-13-26-24(31)17(2)27(15-19-9-11-21(25)12-10-19)23(30)16-28(34(4,32)33)22-8-6-7-20(14-22)18(3)29/h6-12,14,17H,5,13,15-16H2,1-4H3,(H,26,31). The third-order valence-electron chi connectivity index (χ3n) is 5.20. The topological polar surface area (TPSA) is 104 Å². The van der Waals surface area contributed by atoms with Gasteiger partial charge in [-0.3, -0.25) is 18.7 Å². The Bertz CT molecular complexity index is 1140. The summed E-state index contributed by atoms with van der Waals surface area (Å²) in [5.74, 6) is -1.13. The van der Waals surface area contributed by atoms with Crippen molar-refractivity contribution in [3.63, 3.8) is 0 Å². The summed E-state index contributed by atoms with van der Waals surface area (Å²) in [6.45, 7) is 4.90. The van der Waals surface area contributed by atoms with Gasteiger partial charge in [0.1, 0.15) is 12.6 Å². The van der Waals surface area contributed by atoms with Gasteiger partial charge in [-0.15, -0.1) is 0 Å². The molecule has 2 rings (SSSR count). The van der Waals surface area contributed by atoms with Crippen LogP contribution in [0, 0.1) is 0 Å². The Hall–Kier alpha value is -2.91. The third kappa shape index (κ3) is 7.56. The maximum atomic E-state index is 13.4. The fraction of sp³-hybridized carbons (Fsp3) is 0.375. The summed E-state index contributed by atoms with van der Waals surface area (Å²) in [6.07, 6.45) is 1.72. The zero-order valence-corrected chi connectivity index (χ0v) is 21.3. The van der Waals surface area contributed by atoms with E-state index in [0.717, 1.165) is 22.5 Å². The fourth-order valence-electron chi connectivity index (χ4n) is 3.26. The SMILES string of the molecule is CCCNC(=O)C(C)N(Cc1ccc(Cl)cc1)C(=O)CN(c1cccc(C(C)=O)c1)S(C)(=O)=O. The lowest BCUT2D eigenvalue weighted by molar-refractivity contribution is -0.139. The Kier molecular flexibility index (Phi) is 9.64. The number of hydrogen-bond donors (Lipinski definition) is 1. The average molecular weight is 508 g/mol. The zero-order chi connectivity index (χ0) is 25.5. The van der Waals surface area contributed by atoms with Crippen molar-refractivity contribution in [2.45, 2.75) is 39.8 Å². The van der Waals surface area contributed by atoms with Crippen molar-refractivity contribution >= 4 is 44.9 Å². The summed E-state index contributed by atoms with van der Waals surface area (Å²) in [7, 11) is -3.87. The van der Waals surface area contributed by atoms with Crippen LogP contribution in [0.5, 0.6) is 0 Å². The predicted molar refractivity (Wildman–Crippen MR) is 133 cm³/mol. The van der Waals surface area contributed by atoms with Crippen molar-refractivity contribution in [1.82, 2.24) is 10.2 Å². The number of carbonyl (C=O) groups excluding carboxylic acids is 3. The predicted octanol–water partition coefficient (Wildman–Crippen LogP) is 3.25. The molecule has 0 fully saturated rings. The van der Waals surface area contributed by atoms with Gasteiger partial charge in [0, 0.05) is 23.7 Å². The number of Topliss-reactive ketones (excluding diaryl/α,β-unsaturated/α-hetero) is 1. The van der Waals surface area contributed by atoms with Crippen LogP contribution in [-0.2, 0) is 26.2 Å². The molecule has 0 saturated carbocycles. The van der Waals surface area contributed by atoms with Gasteiger partial charge >= 0.3 is 0 Å². The van der Waals surface area contributed by atoms with E-state index in [9.17, 15) is 22.8 Å². The van der Waals surface area contributed by atoms with Crippen molar-refractivity contribution < 1.29 is 22.8 Å². The molecule has 1 unspecified atom stereocenters. The van der Waals surface area contributed by atoms with E-state index < -0.39 is 28.5 Å². The molecule has 184 valence electrons. The average Bonchev–Trinajstić information content (AvgIpc) is 2.79. The second kappa shape index (κ2) is 12.0. The van der Waals surface area contributed by atoms with Gasteiger partial charge in [-0.1, -0.05) is 42.8 Å². The number of anilines is 1. The number of carbonyl (C=O) groups is 3. The molecule has 0 aliphatic heterocycles. The van der Waals surface area contributed by atoms with Crippen LogP contribution in [0.4, 0.5) is 5.69 Å². The van der Waals surface area contributed by atoms with E-state index in [2.05, 4.69) is 5.32 Å². The maximum absolute atomic E-state index is 13.4. The quantitative estimate of drug-likeness (QED) is 0.470. The summed E-state index contributed by atoms with van der Waals surface area (Å²) in [5, 5.41) is 3.31. The Balaban J connectivity index is 2.40. The Labute approximate surface area is 205 Å². The Morgan fingerprint density at radius 2 is 1.74 bits per heavy atom. The molecule has 2 amide bonds. The molecular formula is C24H30ClN3O5S. The molecule has 0 saturated heterocycles. The molecule has 2 aromatic carbocycles. The highest BCUT2D eigenvalue weighted by atomic mass is 35.5. The highest BCUT2D eigenvalue weighted by molar-refractivity contribution is 7.92. The minimum atomic E-state index is -3.87. The van der Waals surface area contributed by atoms with Crippen molar-refractivity contribution in [2.75, 3.05) is 23.7 Å². The van der Waals surface area contributed by atoms with Crippen molar-refractivity contribution in [2.24, 2.45) is 0 Å². The fourth-order valence-corrected chi connectivity index (χ4v) is 4.23. The maximum Gasteiger partial charge on any atom is 0.244 e. The van der Waals surface area contributed by atoms with Crippen molar-refractivity contribution in [1.29, 1.82) is 0 Å². The van der Waals surface area contributed by atoms with Crippen LogP contribution >= 0.6 is 11.6 Å². The Morgan fingerprint density at radius 1 is 1.09 bits per heavy atom. The van der Waals surface area contributed by atoms with Crippen LogP contribution in [0.15, 0.2) is 48.5 Å². The van der Waals surface area contributed by atoms with Crippen molar-refractivity contribution in [3.05, 3.63) is 64.7 Å². The van der Waals surface area contributed by atoms with Gasteiger partial charge in [0.15, 0.2) is 5.78 Å². The molecule has 1 N–H and O–H groups in total. The van der Waals surface area contributed by atoms with E-state index >= 15 is 0 Å². The van der Waals surface area contributed by atoms with Crippen LogP contribution in [-0.4, -0.2) is 56.3 Å². The van der Waals surface area contributed by atoms with Gasteiger partial charge in [0.2, 0.25) is 21.8 Å². The highest BCUT2D eigenvalue weighted by Gasteiger charge is 2.30. The second-order valence-electron chi connectivity index (χ2n) is 7.99. The number of nitrogens with zero attached hydrogens (tertiary/aromatic N) is 2. The number of halogens is 1. The first-order valence-electron chi connectivity index (χ1n) is 10.8. The molecule has 34 heavy (non-hydrogen) atoms. The van der Waals surface area contributed by atoms with Crippen LogP contribution in [0.25, 0.3) is 0 Å². The monoisotopic (exact) mass is 507 g/mol. The minimum absolute atomic E-state index is 0.0851. The van der Waals surface area contributed by atoms with Gasteiger partial charge < -0.3 is 10.2 Å². The molecule has 10 heteroatoms. The smallest absolute Gasteiger partial charge is 0.244 e. The molecule has 8 nitrogen and oxygen atoms in total. The first-order valence-corrected chi connectivity index (χ1v) is 13.1. The van der Waals surface area contributed by atoms with E-state index in [0.29, 0.717) is 17.1 Å². The number of benzene rings is 2. The van der Waals surface area contributed by atoms with E-state index in [1.54, 1.807) is 43.3 Å². The highest BCUT2D eigenvalue weighted by Crippen LogP contribution is 2.21. The summed E-state index contributed by atoms with van der Waals surface area (Å²) < 4.78 is 26.1. The van der Waals surface area contributed by atoms with E-state index in [1.165, 1.54) is 24.0 Å². The van der Waals surface area contributed by atoms with Gasteiger partial charge in [-0.2, -0.15) is 0 Å². The number of sulfonamides is 1. The van der Waals surface area contributed by atoms with Crippen molar-refractivity contribution in [3.8, 4) is 0 Å². The van der Waals surface area contributed by atoms with Gasteiger partial charge in [0.25, 0.3) is 0 Å². The Morgan fingerprint density at radius 3 is 2.29 bits per heavy atom. The van der Waals surface area contributed by atoms with E-state index in [1.807, 2.05) is 6.92 Å². The number of ketones is 1. The summed E-state index contributed by atoms with van der Waals surface area (Å²) >= 11 is 5.96. The normalized spacial score (nSPS) is 12.0. The molecule has 0 aromatic heterocycles. The molecule has 0 spiro atoms. The third-order valence-corrected chi connectivity index (χ3v) is 6.60. The molecule has 1 atom stereocenters. The molecule has 0 aliphatic carbocycles. The lowest BCUT2D eigenvalue weighted by Crippen LogP contribution is -2.51. The molecule has 2 aromatic rings. The first-order chi connectivity index (χ1) is 15.9. The number of nitrogens with one attached hydrogen (secondary N) is 1. The van der Waals surface area contributed by atoms with Crippen LogP contribution in [0.3, 0.4) is 0 Å². The lowest BCUT2D eigenvalue weighted by atomic mass is 10.1. The van der Waals surface area contributed by atoms with Crippen LogP contribution in [0.1, 0.15) is 43.1 Å². The van der Waals surface area contributed by atoms with Gasteiger partial charge in [0.05, 0.1) is 11.9 Å². The van der Waals surface area contributed by atoms with E-state index in [-0.39, 0.29) is 23.9 Å². The molecule has 0 radical (unpaired) electrons. The number of rotatable bonds is 11. The summed E-state index contributed by atoms with van der Waals surface area (Å²) in [4.78, 5) is 39.2. The first kappa shape index (κ1) is 27.3. The van der Waals surface area contributed by atoms with Gasteiger partial charge in [-0.25, -0.2) is 8.42 Å². The van der Waals surface area contributed by atoms with Gasteiger partial charge in [-0.05, 0) is 50.1 Å². The lowest BCUT2D eigenvalue weighted by Gasteiger charge is -2.31. The van der Waals surface area contributed by atoms with E-state index in [4.69, 9.17) is 11.6 Å². The molecule has 0 aliphatic rings. The van der Waals surface area contributed by atoms with Crippen LogP contribution in [0.2, 0.25) is 5.02 Å². The molecule has 0 heterocycles. The molecular weight excluding hydrogens is 478 g/mol. The number of hydrogen-bond acceptors (Lipinski definition) is 5. The largest absolute Gasteiger partial charge is 0.354 e. The minimum Gasteiger partial charge on any atom is -0.354 e. The zero-order valence-electron chi connectivity index (χ0n) is 19.7. The second-order valence-corrected chi connectivity index (χ2v) is 10.3.